The Hall–Kier alpha value is -2.05. The number of carbonyl (C=O) groups is 2. The van der Waals surface area contributed by atoms with Gasteiger partial charge in [0.1, 0.15) is 5.76 Å². The minimum atomic E-state index is -0.302. The molecule has 1 aliphatic heterocycles. The Morgan fingerprint density at radius 2 is 2.22 bits per heavy atom. The van der Waals surface area contributed by atoms with E-state index in [0.717, 1.165) is 36.4 Å². The van der Waals surface area contributed by atoms with Crippen LogP contribution in [0.5, 0.6) is 0 Å². The summed E-state index contributed by atoms with van der Waals surface area (Å²) in [5.74, 6) is 0.802. The zero-order valence-corrected chi connectivity index (χ0v) is 14.1. The van der Waals surface area contributed by atoms with Gasteiger partial charge >= 0.3 is 6.03 Å². The van der Waals surface area contributed by atoms with Crippen LogP contribution < -0.4 is 11.1 Å². The minimum Gasteiger partial charge on any atom is -0.370 e. The van der Waals surface area contributed by atoms with Gasteiger partial charge in [0.15, 0.2) is 0 Å². The number of aromatic nitrogens is 1. The summed E-state index contributed by atoms with van der Waals surface area (Å²) in [6.45, 7) is 7.67. The molecule has 0 aromatic carbocycles. The fraction of sp³-hybridized carbons (Fsp3) is 0.688. The summed E-state index contributed by atoms with van der Waals surface area (Å²) in [6.07, 6.45) is 2.20. The van der Waals surface area contributed by atoms with Crippen molar-refractivity contribution in [2.75, 3.05) is 19.6 Å². The van der Waals surface area contributed by atoms with Crippen LogP contribution >= 0.6 is 0 Å². The molecule has 1 aromatic heterocycles. The molecule has 1 saturated heterocycles. The van der Waals surface area contributed by atoms with Crippen molar-refractivity contribution in [3.63, 3.8) is 0 Å². The molecular formula is C16H26N4O3. The molecule has 0 saturated carbocycles. The molecule has 1 fully saturated rings. The van der Waals surface area contributed by atoms with Crippen molar-refractivity contribution < 1.29 is 14.1 Å². The maximum atomic E-state index is 12.3. The molecule has 7 nitrogen and oxygen atoms in total. The van der Waals surface area contributed by atoms with Crippen molar-refractivity contribution in [3.8, 4) is 0 Å². The van der Waals surface area contributed by atoms with Crippen molar-refractivity contribution in [2.24, 2.45) is 11.7 Å². The number of carbonyl (C=O) groups excluding carboxylic acids is 2. The molecule has 0 spiro atoms. The van der Waals surface area contributed by atoms with Crippen molar-refractivity contribution in [1.29, 1.82) is 0 Å². The second-order valence-electron chi connectivity index (χ2n) is 6.45. The Balaban J connectivity index is 1.85. The highest BCUT2D eigenvalue weighted by Crippen LogP contribution is 2.23. The molecular weight excluding hydrogens is 296 g/mol. The van der Waals surface area contributed by atoms with Gasteiger partial charge in [-0.1, -0.05) is 12.1 Å². The van der Waals surface area contributed by atoms with Gasteiger partial charge in [-0.25, -0.2) is 4.79 Å². The highest BCUT2D eigenvalue weighted by atomic mass is 16.5. The topological polar surface area (TPSA) is 101 Å². The average Bonchev–Trinajstić information content (AvgIpc) is 2.83. The molecule has 23 heavy (non-hydrogen) atoms. The van der Waals surface area contributed by atoms with Gasteiger partial charge in [-0.2, -0.15) is 0 Å². The fourth-order valence-electron chi connectivity index (χ4n) is 3.35. The van der Waals surface area contributed by atoms with E-state index in [0.29, 0.717) is 19.5 Å². The SMILES string of the molecule is Cc1noc(C)c1[C@H](C)CNC(=O)N1CCC[C@@H](CC(N)=O)C1. The third-order valence-electron chi connectivity index (χ3n) is 4.44. The summed E-state index contributed by atoms with van der Waals surface area (Å²) in [7, 11) is 0. The van der Waals surface area contributed by atoms with Gasteiger partial charge in [0.05, 0.1) is 5.69 Å². The summed E-state index contributed by atoms with van der Waals surface area (Å²) in [6, 6.07) is -0.0854. The van der Waals surface area contributed by atoms with E-state index < -0.39 is 0 Å². The molecule has 0 aliphatic carbocycles. The standard InChI is InChI=1S/C16H26N4O3/c1-10(15-11(2)19-23-12(15)3)8-18-16(22)20-6-4-5-13(9-20)7-14(17)21/h10,13H,4-9H2,1-3H3,(H2,17,21)(H,18,22)/t10-,13+/m1/s1. The first-order chi connectivity index (χ1) is 10.9. The molecule has 2 rings (SSSR count). The molecule has 2 heterocycles. The largest absolute Gasteiger partial charge is 0.370 e. The number of urea groups is 1. The molecule has 0 bridgehead atoms. The first-order valence-corrected chi connectivity index (χ1v) is 8.12. The molecule has 2 atom stereocenters. The molecule has 3 N–H and O–H groups in total. The third kappa shape index (κ3) is 4.46. The van der Waals surface area contributed by atoms with Gasteiger partial charge in [-0.15, -0.1) is 0 Å². The molecule has 1 aromatic rings. The van der Waals surface area contributed by atoms with Crippen LogP contribution in [0.1, 0.15) is 49.1 Å². The second kappa shape index (κ2) is 7.48. The van der Waals surface area contributed by atoms with Gasteiger partial charge < -0.3 is 20.5 Å². The summed E-state index contributed by atoms with van der Waals surface area (Å²) >= 11 is 0. The zero-order chi connectivity index (χ0) is 17.0. The summed E-state index contributed by atoms with van der Waals surface area (Å²) in [5, 5.41) is 6.92. The van der Waals surface area contributed by atoms with Crippen molar-refractivity contribution in [2.45, 2.75) is 46.0 Å². The number of nitrogens with zero attached hydrogens (tertiary/aromatic N) is 2. The van der Waals surface area contributed by atoms with E-state index in [2.05, 4.69) is 10.5 Å². The summed E-state index contributed by atoms with van der Waals surface area (Å²) in [5.41, 5.74) is 7.17. The Bertz CT molecular complexity index is 550. The number of nitrogens with one attached hydrogen (secondary N) is 1. The van der Waals surface area contributed by atoms with Crippen LogP contribution in [0.2, 0.25) is 0 Å². The number of rotatable bonds is 5. The minimum absolute atomic E-state index is 0.0854. The predicted molar refractivity (Wildman–Crippen MR) is 85.9 cm³/mol. The molecule has 128 valence electrons. The van der Waals surface area contributed by atoms with Gasteiger partial charge in [0, 0.05) is 37.5 Å². The Morgan fingerprint density at radius 3 is 2.83 bits per heavy atom. The van der Waals surface area contributed by atoms with Gasteiger partial charge in [-0.3, -0.25) is 4.79 Å². The highest BCUT2D eigenvalue weighted by Gasteiger charge is 2.25. The number of piperidine rings is 1. The fourth-order valence-corrected chi connectivity index (χ4v) is 3.35. The third-order valence-corrected chi connectivity index (χ3v) is 4.44. The van der Waals surface area contributed by atoms with E-state index in [-0.39, 0.29) is 23.8 Å². The lowest BCUT2D eigenvalue weighted by Gasteiger charge is -2.32. The lowest BCUT2D eigenvalue weighted by molar-refractivity contribution is -0.119. The van der Waals surface area contributed by atoms with Crippen LogP contribution in [0.4, 0.5) is 4.79 Å². The van der Waals surface area contributed by atoms with Crippen LogP contribution in [0.25, 0.3) is 0 Å². The van der Waals surface area contributed by atoms with Gasteiger partial charge in [0.25, 0.3) is 0 Å². The smallest absolute Gasteiger partial charge is 0.317 e. The van der Waals surface area contributed by atoms with E-state index in [1.807, 2.05) is 20.8 Å². The van der Waals surface area contributed by atoms with E-state index in [1.54, 1.807) is 4.90 Å². The van der Waals surface area contributed by atoms with E-state index in [4.69, 9.17) is 10.3 Å². The Kier molecular flexibility index (Phi) is 5.63. The van der Waals surface area contributed by atoms with E-state index >= 15 is 0 Å². The van der Waals surface area contributed by atoms with Gasteiger partial charge in [-0.05, 0) is 32.6 Å². The Morgan fingerprint density at radius 1 is 1.48 bits per heavy atom. The maximum Gasteiger partial charge on any atom is 0.317 e. The number of amides is 3. The summed E-state index contributed by atoms with van der Waals surface area (Å²) < 4.78 is 5.17. The lowest BCUT2D eigenvalue weighted by Crippen LogP contribution is -2.46. The monoisotopic (exact) mass is 322 g/mol. The highest BCUT2D eigenvalue weighted by molar-refractivity contribution is 5.75. The molecule has 0 unspecified atom stereocenters. The number of hydrogen-bond acceptors (Lipinski definition) is 4. The van der Waals surface area contributed by atoms with Crippen molar-refractivity contribution in [3.05, 3.63) is 17.0 Å². The number of primary amides is 1. The first-order valence-electron chi connectivity index (χ1n) is 8.12. The van der Waals surface area contributed by atoms with Crippen molar-refractivity contribution in [1.82, 2.24) is 15.4 Å². The van der Waals surface area contributed by atoms with Crippen LogP contribution in [0, 0.1) is 19.8 Å². The molecule has 3 amide bonds. The maximum absolute atomic E-state index is 12.3. The summed E-state index contributed by atoms with van der Waals surface area (Å²) in [4.78, 5) is 25.2. The first kappa shape index (κ1) is 17.3. The molecule has 1 aliphatic rings. The number of nitrogens with two attached hydrogens (primary N) is 1. The Labute approximate surface area is 136 Å². The number of aryl methyl sites for hydroxylation is 2. The second-order valence-corrected chi connectivity index (χ2v) is 6.45. The zero-order valence-electron chi connectivity index (χ0n) is 14.1. The van der Waals surface area contributed by atoms with Gasteiger partial charge in [0.2, 0.25) is 5.91 Å². The van der Waals surface area contributed by atoms with Crippen LogP contribution in [-0.2, 0) is 4.79 Å². The molecule has 0 radical (unpaired) electrons. The number of likely N-dealkylation sites (tertiary alicyclic amines) is 1. The van der Waals surface area contributed by atoms with Crippen LogP contribution in [-0.4, -0.2) is 41.6 Å². The normalized spacial score (nSPS) is 19.4. The number of hydrogen-bond donors (Lipinski definition) is 2. The van der Waals surface area contributed by atoms with Crippen molar-refractivity contribution >= 4 is 11.9 Å². The van der Waals surface area contributed by atoms with E-state index in [1.165, 1.54) is 0 Å². The lowest BCUT2D eigenvalue weighted by atomic mass is 9.95. The average molecular weight is 322 g/mol. The van der Waals surface area contributed by atoms with Crippen LogP contribution in [0.3, 0.4) is 0 Å². The molecule has 7 heteroatoms. The van der Waals surface area contributed by atoms with Crippen LogP contribution in [0.15, 0.2) is 4.52 Å². The quantitative estimate of drug-likeness (QED) is 0.861. The predicted octanol–water partition coefficient (Wildman–Crippen LogP) is 1.69. The van der Waals surface area contributed by atoms with E-state index in [9.17, 15) is 9.59 Å².